The highest BCUT2D eigenvalue weighted by Gasteiger charge is 2.27. The van der Waals surface area contributed by atoms with Crippen molar-refractivity contribution in [2.45, 2.75) is 17.6 Å². The van der Waals surface area contributed by atoms with E-state index in [1.807, 2.05) is 0 Å². The molecule has 0 spiro atoms. The number of halogens is 3. The minimum atomic E-state index is -4.72. The van der Waals surface area contributed by atoms with Gasteiger partial charge in [0.05, 0.1) is 22.8 Å². The number of anilines is 2. The molecule has 0 unspecified atom stereocenters. The molecule has 0 aliphatic heterocycles. The summed E-state index contributed by atoms with van der Waals surface area (Å²) in [5, 5.41) is 5.24. The summed E-state index contributed by atoms with van der Waals surface area (Å²) in [5.74, 6) is -4.08. The molecule has 21 heavy (non-hydrogen) atoms. The van der Waals surface area contributed by atoms with Crippen molar-refractivity contribution in [2.75, 3.05) is 23.7 Å². The summed E-state index contributed by atoms with van der Waals surface area (Å²) in [5.41, 5.74) is 5.65. The summed E-state index contributed by atoms with van der Waals surface area (Å²) in [6.07, 6.45) is 0. The summed E-state index contributed by atoms with van der Waals surface area (Å²) in [6, 6.07) is 3.34. The van der Waals surface area contributed by atoms with Crippen molar-refractivity contribution in [1.82, 2.24) is 0 Å². The molecule has 4 N–H and O–H groups in total. The Bertz CT molecular complexity index is 596. The number of nitrogens with two attached hydrogens (primary N) is 1. The Kier molecular flexibility index (Phi) is 7.55. The normalized spacial score (nSPS) is 10.9. The Morgan fingerprint density at radius 2 is 1.95 bits per heavy atom. The third-order valence-electron chi connectivity index (χ3n) is 2.38. The van der Waals surface area contributed by atoms with Crippen molar-refractivity contribution in [3.05, 3.63) is 18.2 Å². The van der Waals surface area contributed by atoms with E-state index >= 15 is 0 Å². The number of amides is 1. The van der Waals surface area contributed by atoms with Crippen LogP contribution in [-0.4, -0.2) is 33.2 Å². The number of hydrogen-bond acceptors (Lipinski definition) is 5. The topological polar surface area (TPSA) is 101 Å². The van der Waals surface area contributed by atoms with Gasteiger partial charge in [0.2, 0.25) is 15.7 Å². The average Bonchev–Trinajstić information content (AvgIpc) is 2.40. The molecule has 120 valence electrons. The third kappa shape index (κ3) is 4.80. The smallest absolute Gasteiger partial charge is 0.341 e. The molecule has 0 saturated heterocycles. The number of sulfone groups is 1. The molecule has 0 atom stereocenters. The van der Waals surface area contributed by atoms with Crippen molar-refractivity contribution < 1.29 is 22.0 Å². The minimum absolute atomic E-state index is 0. The molecule has 0 bridgehead atoms. The highest BCUT2D eigenvalue weighted by molar-refractivity contribution is 7.91. The number of carbonyl (C=O) groups is 1. The van der Waals surface area contributed by atoms with Crippen molar-refractivity contribution >= 4 is 39.5 Å². The molecule has 0 aliphatic carbocycles. The van der Waals surface area contributed by atoms with Gasteiger partial charge in [0, 0.05) is 6.54 Å². The lowest BCUT2D eigenvalue weighted by Gasteiger charge is -2.13. The van der Waals surface area contributed by atoms with Crippen LogP contribution < -0.4 is 16.4 Å². The number of nitrogens with one attached hydrogen (secondary N) is 2. The highest BCUT2D eigenvalue weighted by atomic mass is 35.5. The molecule has 6 nitrogen and oxygen atoms in total. The van der Waals surface area contributed by atoms with Crippen molar-refractivity contribution in [2.24, 2.45) is 5.73 Å². The van der Waals surface area contributed by atoms with Crippen LogP contribution in [0.25, 0.3) is 0 Å². The van der Waals surface area contributed by atoms with Gasteiger partial charge < -0.3 is 16.4 Å². The fourth-order valence-electron chi connectivity index (χ4n) is 1.45. The molecule has 1 amide bonds. The monoisotopic (exact) mass is 343 g/mol. The molecule has 1 aromatic rings. The first-order valence-electron chi connectivity index (χ1n) is 5.72. The molecule has 1 aromatic carbocycles. The van der Waals surface area contributed by atoms with E-state index in [0.29, 0.717) is 12.2 Å². The molecule has 0 heterocycles. The van der Waals surface area contributed by atoms with E-state index in [9.17, 15) is 22.0 Å². The first-order valence-corrected chi connectivity index (χ1v) is 7.27. The van der Waals surface area contributed by atoms with Gasteiger partial charge in [-0.05, 0) is 25.1 Å². The first-order chi connectivity index (χ1) is 9.32. The lowest BCUT2D eigenvalue weighted by atomic mass is 10.2. The summed E-state index contributed by atoms with van der Waals surface area (Å²) in [6.45, 7) is 1.99. The van der Waals surface area contributed by atoms with Crippen LogP contribution in [0, 0.1) is 0 Å². The van der Waals surface area contributed by atoms with Gasteiger partial charge in [0.1, 0.15) is 0 Å². The molecular weight excluding hydrogens is 328 g/mol. The Hall–Kier alpha value is -1.45. The number of carbonyl (C=O) groups excluding carboxylic acids is 1. The van der Waals surface area contributed by atoms with Crippen LogP contribution in [0.3, 0.4) is 0 Å². The summed E-state index contributed by atoms with van der Waals surface area (Å²) < 4.78 is 47.8. The van der Waals surface area contributed by atoms with E-state index in [2.05, 4.69) is 10.6 Å². The van der Waals surface area contributed by atoms with E-state index in [0.717, 1.165) is 12.1 Å². The Morgan fingerprint density at radius 1 is 1.33 bits per heavy atom. The van der Waals surface area contributed by atoms with Crippen LogP contribution in [0.1, 0.15) is 6.92 Å². The number of alkyl halides is 2. The second-order valence-electron chi connectivity index (χ2n) is 3.80. The average molecular weight is 344 g/mol. The Labute approximate surface area is 127 Å². The predicted octanol–water partition coefficient (Wildman–Crippen LogP) is 1.43. The van der Waals surface area contributed by atoms with Gasteiger partial charge in [0.15, 0.2) is 0 Å². The van der Waals surface area contributed by atoms with Gasteiger partial charge in [-0.15, -0.1) is 12.4 Å². The van der Waals surface area contributed by atoms with E-state index in [1.165, 1.54) is 6.07 Å². The van der Waals surface area contributed by atoms with Crippen LogP contribution in [0.5, 0.6) is 0 Å². The second kappa shape index (κ2) is 8.11. The summed E-state index contributed by atoms with van der Waals surface area (Å²) in [7, 11) is -4.72. The molecule has 10 heteroatoms. The van der Waals surface area contributed by atoms with E-state index < -0.39 is 26.4 Å². The minimum Gasteiger partial charge on any atom is -0.384 e. The van der Waals surface area contributed by atoms with E-state index in [1.54, 1.807) is 6.92 Å². The molecular formula is C11H16ClF2N3O3S. The van der Waals surface area contributed by atoms with Crippen LogP contribution in [0.2, 0.25) is 0 Å². The summed E-state index contributed by atoms with van der Waals surface area (Å²) in [4.78, 5) is 10.7. The fourth-order valence-corrected chi connectivity index (χ4v) is 2.20. The molecule has 0 fully saturated rings. The van der Waals surface area contributed by atoms with Gasteiger partial charge >= 0.3 is 5.76 Å². The maximum absolute atomic E-state index is 12.5. The zero-order valence-electron chi connectivity index (χ0n) is 11.1. The SMILES string of the molecule is CCNc1ccc(S(=O)(=O)C(F)F)cc1NC(=O)CN.Cl. The first kappa shape index (κ1) is 19.6. The predicted molar refractivity (Wildman–Crippen MR) is 78.7 cm³/mol. The van der Waals surface area contributed by atoms with Gasteiger partial charge in [0.25, 0.3) is 0 Å². The van der Waals surface area contributed by atoms with E-state index in [4.69, 9.17) is 5.73 Å². The second-order valence-corrected chi connectivity index (χ2v) is 5.71. The van der Waals surface area contributed by atoms with E-state index in [-0.39, 0.29) is 24.6 Å². The van der Waals surface area contributed by atoms with Crippen molar-refractivity contribution in [1.29, 1.82) is 0 Å². The molecule has 1 rings (SSSR count). The summed E-state index contributed by atoms with van der Waals surface area (Å²) >= 11 is 0. The maximum Gasteiger partial charge on any atom is 0.341 e. The van der Waals surface area contributed by atoms with Crippen molar-refractivity contribution in [3.63, 3.8) is 0 Å². The number of hydrogen-bond donors (Lipinski definition) is 3. The lowest BCUT2D eigenvalue weighted by molar-refractivity contribution is -0.114. The van der Waals surface area contributed by atoms with Crippen LogP contribution >= 0.6 is 12.4 Å². The van der Waals surface area contributed by atoms with Crippen LogP contribution in [0.4, 0.5) is 20.2 Å². The molecule has 0 radical (unpaired) electrons. The molecule has 0 aromatic heterocycles. The molecule has 0 aliphatic rings. The van der Waals surface area contributed by atoms with Crippen molar-refractivity contribution in [3.8, 4) is 0 Å². The van der Waals surface area contributed by atoms with Gasteiger partial charge in [-0.1, -0.05) is 0 Å². The standard InChI is InChI=1S/C11H15F2N3O3S.ClH/c1-2-15-8-4-3-7(20(18,19)11(12)13)5-9(8)16-10(17)6-14;/h3-5,11,15H,2,6,14H2,1H3,(H,16,17);1H. The lowest BCUT2D eigenvalue weighted by Crippen LogP contribution is -2.23. The molecule has 0 saturated carbocycles. The Morgan fingerprint density at radius 3 is 2.43 bits per heavy atom. The third-order valence-corrected chi connectivity index (χ3v) is 3.76. The van der Waals surface area contributed by atoms with Gasteiger partial charge in [-0.25, -0.2) is 8.42 Å². The quantitative estimate of drug-likeness (QED) is 0.725. The zero-order chi connectivity index (χ0) is 15.3. The van der Waals surface area contributed by atoms with Crippen LogP contribution in [-0.2, 0) is 14.6 Å². The largest absolute Gasteiger partial charge is 0.384 e. The fraction of sp³-hybridized carbons (Fsp3) is 0.364. The van der Waals surface area contributed by atoms with Gasteiger partial charge in [-0.2, -0.15) is 8.78 Å². The van der Waals surface area contributed by atoms with Gasteiger partial charge in [-0.3, -0.25) is 4.79 Å². The maximum atomic E-state index is 12.5. The number of benzene rings is 1. The highest BCUT2D eigenvalue weighted by Crippen LogP contribution is 2.28. The van der Waals surface area contributed by atoms with Crippen LogP contribution in [0.15, 0.2) is 23.1 Å². The Balaban J connectivity index is 0.00000400. The zero-order valence-corrected chi connectivity index (χ0v) is 12.7. The number of rotatable bonds is 6.